The highest BCUT2D eigenvalue weighted by atomic mass is 32.1. The molecular weight excluding hydrogens is 539 g/mol. The van der Waals surface area contributed by atoms with Gasteiger partial charge in [-0.3, -0.25) is 0 Å². The van der Waals surface area contributed by atoms with Gasteiger partial charge in [0.05, 0.1) is 5.69 Å². The number of allylic oxidation sites excluding steroid dienone is 4. The van der Waals surface area contributed by atoms with Gasteiger partial charge in [-0.05, 0) is 140 Å². The van der Waals surface area contributed by atoms with Crippen molar-refractivity contribution in [3.63, 3.8) is 0 Å². The molecule has 0 N–H and O–H groups in total. The summed E-state index contributed by atoms with van der Waals surface area (Å²) < 4.78 is 2.90. The number of rotatable bonds is 5. The van der Waals surface area contributed by atoms with E-state index in [0.717, 1.165) is 36.5 Å². The van der Waals surface area contributed by atoms with Crippen LogP contribution >= 0.6 is 11.3 Å². The minimum absolute atomic E-state index is 0.461. The first-order chi connectivity index (χ1) is 21.2. The van der Waals surface area contributed by atoms with Gasteiger partial charge in [0.15, 0.2) is 0 Å². The van der Waals surface area contributed by atoms with Gasteiger partial charge >= 0.3 is 0 Å². The molecule has 0 amide bonds. The van der Waals surface area contributed by atoms with E-state index < -0.39 is 0 Å². The normalized spacial score (nSPS) is 31.7. The van der Waals surface area contributed by atoms with E-state index in [0.29, 0.717) is 11.3 Å². The lowest BCUT2D eigenvalue weighted by Crippen LogP contribution is -2.39. The number of fused-ring (bicyclic) bond motifs is 5. The molecule has 6 aliphatic carbocycles. The lowest BCUT2D eigenvalue weighted by atomic mass is 9.58. The average molecular weight is 586 g/mol. The molecule has 4 fully saturated rings. The molecule has 2 aromatic carbocycles. The summed E-state index contributed by atoms with van der Waals surface area (Å²) in [5.74, 6) is 4.28. The van der Waals surface area contributed by atoms with Crippen molar-refractivity contribution in [2.24, 2.45) is 29.6 Å². The molecule has 5 unspecified atom stereocenters. The van der Waals surface area contributed by atoms with Crippen LogP contribution in [0.4, 0.5) is 11.4 Å². The fourth-order valence-corrected chi connectivity index (χ4v) is 12.2. The van der Waals surface area contributed by atoms with Crippen molar-refractivity contribution in [3.8, 4) is 0 Å². The van der Waals surface area contributed by atoms with E-state index in [-0.39, 0.29) is 0 Å². The second kappa shape index (κ2) is 10.5. The number of nitrogens with zero attached hydrogens (tertiary/aromatic N) is 1. The fourth-order valence-electron chi connectivity index (χ4n) is 11.0. The first-order valence-corrected chi connectivity index (χ1v) is 18.5. The zero-order valence-electron chi connectivity index (χ0n) is 26.0. The summed E-state index contributed by atoms with van der Waals surface area (Å²) in [4.78, 5) is 2.66. The maximum Gasteiger partial charge on any atom is 0.0551 e. The third kappa shape index (κ3) is 4.37. The molecule has 1 aromatic heterocycles. The second-order valence-corrected chi connectivity index (χ2v) is 16.3. The zero-order valence-corrected chi connectivity index (χ0v) is 26.8. The maximum atomic E-state index is 2.66. The number of benzene rings is 2. The molecule has 5 atom stereocenters. The Hall–Kier alpha value is -2.58. The van der Waals surface area contributed by atoms with Crippen molar-refractivity contribution >= 4 is 44.9 Å². The molecular formula is C41H47NS. The molecule has 3 bridgehead atoms. The Morgan fingerprint density at radius 3 is 2.51 bits per heavy atom. The topological polar surface area (TPSA) is 3.24 Å². The van der Waals surface area contributed by atoms with Gasteiger partial charge in [-0.1, -0.05) is 74.6 Å². The standard InChI is InChI=1S/C41H47NS/c1-27-22-34(20-21-35(27)30-8-3-2-4-9-30)42(37-11-7-13-39-40(37)36-10-5-6-12-38(36)43-39)33-18-16-31(17-19-33)41-25-28-14-15-32(41)24-29(23-28)26-41/h7,10-13,16-21,27-30,32H,2-6,8-9,14-15,22-26H2,1H3. The quantitative estimate of drug-likeness (QED) is 0.288. The molecule has 43 heavy (non-hydrogen) atoms. The third-order valence-electron chi connectivity index (χ3n) is 12.8. The van der Waals surface area contributed by atoms with Gasteiger partial charge in [-0.2, -0.15) is 0 Å². The van der Waals surface area contributed by atoms with Crippen molar-refractivity contribution in [2.45, 2.75) is 102 Å². The van der Waals surface area contributed by atoms with Gasteiger partial charge in [0, 0.05) is 26.0 Å². The van der Waals surface area contributed by atoms with E-state index in [2.05, 4.69) is 78.6 Å². The van der Waals surface area contributed by atoms with E-state index >= 15 is 0 Å². The summed E-state index contributed by atoms with van der Waals surface area (Å²) in [5.41, 5.74) is 8.00. The Labute approximate surface area is 262 Å². The average Bonchev–Trinajstić information content (AvgIpc) is 3.49. The smallest absolute Gasteiger partial charge is 0.0551 e. The number of anilines is 2. The van der Waals surface area contributed by atoms with Crippen LogP contribution in [0.25, 0.3) is 22.2 Å². The second-order valence-electron chi connectivity index (χ2n) is 15.2. The molecule has 9 rings (SSSR count). The molecule has 6 aliphatic rings. The number of thiophene rings is 1. The predicted octanol–water partition coefficient (Wildman–Crippen LogP) is 10.3. The largest absolute Gasteiger partial charge is 0.314 e. The van der Waals surface area contributed by atoms with Crippen molar-refractivity contribution in [3.05, 3.63) is 81.2 Å². The number of hydrogen-bond acceptors (Lipinski definition) is 2. The van der Waals surface area contributed by atoms with Crippen LogP contribution in [0.2, 0.25) is 0 Å². The van der Waals surface area contributed by atoms with Crippen LogP contribution in [0, 0.1) is 29.6 Å². The summed E-state index contributed by atoms with van der Waals surface area (Å²) in [6, 6.07) is 17.2. The van der Waals surface area contributed by atoms with Crippen molar-refractivity contribution in [1.29, 1.82) is 0 Å². The lowest BCUT2D eigenvalue weighted by molar-refractivity contribution is 0.135. The Balaban J connectivity index is 1.16. The van der Waals surface area contributed by atoms with Crippen molar-refractivity contribution in [1.82, 2.24) is 0 Å². The Kier molecular flexibility index (Phi) is 6.55. The molecule has 0 radical (unpaired) electrons. The molecule has 1 heterocycles. The van der Waals surface area contributed by atoms with Crippen LogP contribution in [0.3, 0.4) is 0 Å². The lowest BCUT2D eigenvalue weighted by Gasteiger charge is -2.46. The van der Waals surface area contributed by atoms with Crippen LogP contribution < -0.4 is 14.7 Å². The minimum atomic E-state index is 0.461. The van der Waals surface area contributed by atoms with Crippen LogP contribution in [0.5, 0.6) is 0 Å². The first kappa shape index (κ1) is 26.8. The van der Waals surface area contributed by atoms with Crippen molar-refractivity contribution < 1.29 is 0 Å². The molecule has 4 saturated carbocycles. The van der Waals surface area contributed by atoms with Gasteiger partial charge in [0.25, 0.3) is 0 Å². The summed E-state index contributed by atoms with van der Waals surface area (Å²) in [5, 5.41) is 2.93. The van der Waals surface area contributed by atoms with Crippen LogP contribution in [-0.2, 0) is 5.41 Å². The third-order valence-corrected chi connectivity index (χ3v) is 13.9. The summed E-state index contributed by atoms with van der Waals surface area (Å²) >= 11 is 1.98. The Morgan fingerprint density at radius 1 is 0.814 bits per heavy atom. The van der Waals surface area contributed by atoms with E-state index in [1.54, 1.807) is 11.1 Å². The molecule has 3 aromatic rings. The highest BCUT2D eigenvalue weighted by Gasteiger charge is 2.55. The van der Waals surface area contributed by atoms with E-state index in [1.165, 1.54) is 114 Å². The molecule has 0 spiro atoms. The van der Waals surface area contributed by atoms with E-state index in [4.69, 9.17) is 0 Å². The van der Waals surface area contributed by atoms with Crippen molar-refractivity contribution in [2.75, 3.05) is 4.90 Å². The molecule has 2 heteroatoms. The molecule has 1 nitrogen and oxygen atoms in total. The van der Waals surface area contributed by atoms with E-state index in [1.807, 2.05) is 11.3 Å². The predicted molar refractivity (Wildman–Crippen MR) is 184 cm³/mol. The van der Waals surface area contributed by atoms with Gasteiger partial charge in [0.2, 0.25) is 0 Å². The fraction of sp³-hybridized carbons (Fsp3) is 0.512. The zero-order chi connectivity index (χ0) is 28.5. The van der Waals surface area contributed by atoms with Gasteiger partial charge in [-0.25, -0.2) is 0 Å². The van der Waals surface area contributed by atoms with Gasteiger partial charge in [-0.15, -0.1) is 11.3 Å². The summed E-state index contributed by atoms with van der Waals surface area (Å²) in [6.45, 7) is 2.50. The summed E-state index contributed by atoms with van der Waals surface area (Å²) in [6.07, 6.45) is 29.3. The van der Waals surface area contributed by atoms with Crippen LogP contribution in [0.1, 0.15) is 102 Å². The van der Waals surface area contributed by atoms with Crippen LogP contribution in [0.15, 0.2) is 65.9 Å². The van der Waals surface area contributed by atoms with Gasteiger partial charge in [0.1, 0.15) is 0 Å². The van der Waals surface area contributed by atoms with Gasteiger partial charge < -0.3 is 4.90 Å². The summed E-state index contributed by atoms with van der Waals surface area (Å²) in [7, 11) is 0. The molecule has 0 saturated heterocycles. The monoisotopic (exact) mass is 585 g/mol. The Morgan fingerprint density at radius 2 is 1.65 bits per heavy atom. The minimum Gasteiger partial charge on any atom is -0.314 e. The molecule has 222 valence electrons. The van der Waals surface area contributed by atoms with E-state index in [9.17, 15) is 0 Å². The Bertz CT molecular complexity index is 1730. The molecule has 0 aliphatic heterocycles. The number of hydrogen-bond donors (Lipinski definition) is 0. The highest BCUT2D eigenvalue weighted by molar-refractivity contribution is 7.17. The highest BCUT2D eigenvalue weighted by Crippen LogP contribution is 2.63. The van der Waals surface area contributed by atoms with Crippen LogP contribution in [-0.4, -0.2) is 0 Å². The first-order valence-electron chi connectivity index (χ1n) is 17.7. The SMILES string of the molecule is CC1CC(N(c2ccc(C34CC5CCC3CC(C5)C4)cc2)c2cccc3sc4c(c23)=CCCC=4)=CC=C1C1CCCCC1. The maximum absolute atomic E-state index is 2.66.